The number of aryl methyl sites for hydroxylation is 1. The van der Waals surface area contributed by atoms with Gasteiger partial charge >= 0.3 is 0 Å². The second kappa shape index (κ2) is 5.70. The van der Waals surface area contributed by atoms with Crippen LogP contribution in [0.2, 0.25) is 15.1 Å². The van der Waals surface area contributed by atoms with Crippen LogP contribution < -0.4 is 0 Å². The molecule has 0 aliphatic carbocycles. The normalized spacial score (nSPS) is 11.3. The van der Waals surface area contributed by atoms with Gasteiger partial charge in [-0.25, -0.2) is 9.67 Å². The molecule has 0 amide bonds. The summed E-state index contributed by atoms with van der Waals surface area (Å²) in [4.78, 5) is 4.51. The Morgan fingerprint density at radius 1 is 1.16 bits per heavy atom. The Bertz CT molecular complexity index is 582. The highest BCUT2D eigenvalue weighted by molar-refractivity contribution is 6.40. The van der Waals surface area contributed by atoms with Crippen LogP contribution in [0.4, 0.5) is 0 Å². The molecule has 0 aliphatic rings. The molecular weight excluding hydrogens is 305 g/mol. The van der Waals surface area contributed by atoms with E-state index in [0.29, 0.717) is 20.8 Å². The van der Waals surface area contributed by atoms with Crippen LogP contribution in [0.1, 0.15) is 38.3 Å². The number of nitrogens with zero attached hydrogens (tertiary/aromatic N) is 3. The summed E-state index contributed by atoms with van der Waals surface area (Å²) in [5, 5.41) is 5.93. The summed E-state index contributed by atoms with van der Waals surface area (Å²) in [7, 11) is 0. The first-order chi connectivity index (χ1) is 8.93. The molecule has 3 nitrogen and oxygen atoms in total. The molecule has 0 bridgehead atoms. The third-order valence-electron chi connectivity index (χ3n) is 2.72. The molecule has 0 saturated carbocycles. The molecule has 2 aromatic rings. The van der Waals surface area contributed by atoms with Crippen molar-refractivity contribution in [2.45, 2.75) is 33.1 Å². The van der Waals surface area contributed by atoms with Crippen molar-refractivity contribution in [1.29, 1.82) is 0 Å². The molecule has 0 spiro atoms. The van der Waals surface area contributed by atoms with Gasteiger partial charge in [-0.15, -0.1) is 0 Å². The van der Waals surface area contributed by atoms with E-state index in [1.165, 1.54) is 0 Å². The molecule has 0 radical (unpaired) electrons. The SMILES string of the molecule is CCc1nc(C(C)C)nn1-c1c(Cl)cc(Cl)cc1Cl. The maximum absolute atomic E-state index is 6.23. The van der Waals surface area contributed by atoms with Crippen LogP contribution in [0.15, 0.2) is 12.1 Å². The fraction of sp³-hybridized carbons (Fsp3) is 0.385. The van der Waals surface area contributed by atoms with Crippen LogP contribution in [-0.2, 0) is 6.42 Å². The lowest BCUT2D eigenvalue weighted by Gasteiger charge is -2.09. The molecule has 0 N–H and O–H groups in total. The Hall–Kier alpha value is -0.770. The molecule has 0 atom stereocenters. The van der Waals surface area contributed by atoms with Crippen LogP contribution in [0.5, 0.6) is 0 Å². The van der Waals surface area contributed by atoms with E-state index < -0.39 is 0 Å². The Kier molecular flexibility index (Phi) is 4.39. The van der Waals surface area contributed by atoms with Gasteiger partial charge in [0.1, 0.15) is 11.5 Å². The van der Waals surface area contributed by atoms with Gasteiger partial charge in [-0.05, 0) is 12.1 Å². The van der Waals surface area contributed by atoms with E-state index in [1.807, 2.05) is 20.8 Å². The lowest BCUT2D eigenvalue weighted by Crippen LogP contribution is -2.04. The molecule has 1 aromatic heterocycles. The summed E-state index contributed by atoms with van der Waals surface area (Å²) in [5.41, 5.74) is 0.629. The van der Waals surface area contributed by atoms with E-state index in [0.717, 1.165) is 18.1 Å². The minimum Gasteiger partial charge on any atom is -0.216 e. The fourth-order valence-corrected chi connectivity index (χ4v) is 2.73. The maximum Gasteiger partial charge on any atom is 0.153 e. The lowest BCUT2D eigenvalue weighted by molar-refractivity contribution is 0.748. The molecule has 0 saturated heterocycles. The average molecular weight is 319 g/mol. The van der Waals surface area contributed by atoms with E-state index in [1.54, 1.807) is 16.8 Å². The van der Waals surface area contributed by atoms with Gasteiger partial charge in [-0.3, -0.25) is 0 Å². The molecule has 6 heteroatoms. The zero-order chi connectivity index (χ0) is 14.2. The average Bonchev–Trinajstić information content (AvgIpc) is 2.71. The Balaban J connectivity index is 2.64. The van der Waals surface area contributed by atoms with Gasteiger partial charge in [0.15, 0.2) is 5.82 Å². The predicted octanol–water partition coefficient (Wildman–Crippen LogP) is 4.91. The van der Waals surface area contributed by atoms with Crippen molar-refractivity contribution in [3.05, 3.63) is 38.8 Å². The summed E-state index contributed by atoms with van der Waals surface area (Å²) in [6, 6.07) is 3.31. The van der Waals surface area contributed by atoms with E-state index in [-0.39, 0.29) is 5.92 Å². The van der Waals surface area contributed by atoms with Crippen molar-refractivity contribution < 1.29 is 0 Å². The summed E-state index contributed by atoms with van der Waals surface area (Å²) in [6.45, 7) is 6.11. The van der Waals surface area contributed by atoms with Crippen LogP contribution >= 0.6 is 34.8 Å². The highest BCUT2D eigenvalue weighted by atomic mass is 35.5. The molecule has 0 fully saturated rings. The van der Waals surface area contributed by atoms with Crippen molar-refractivity contribution in [3.8, 4) is 5.69 Å². The molecule has 1 heterocycles. The largest absolute Gasteiger partial charge is 0.216 e. The van der Waals surface area contributed by atoms with Crippen LogP contribution in [0.25, 0.3) is 5.69 Å². The fourth-order valence-electron chi connectivity index (χ4n) is 1.75. The first-order valence-electron chi connectivity index (χ1n) is 6.04. The Labute approximate surface area is 127 Å². The minimum atomic E-state index is 0.247. The number of halogens is 3. The van der Waals surface area contributed by atoms with Crippen LogP contribution in [0, 0.1) is 0 Å². The quantitative estimate of drug-likeness (QED) is 0.804. The zero-order valence-corrected chi connectivity index (χ0v) is 13.2. The van der Waals surface area contributed by atoms with Gasteiger partial charge in [0, 0.05) is 17.4 Å². The van der Waals surface area contributed by atoms with Crippen molar-refractivity contribution >= 4 is 34.8 Å². The van der Waals surface area contributed by atoms with Crippen molar-refractivity contribution in [2.24, 2.45) is 0 Å². The molecule has 0 aliphatic heterocycles. The third kappa shape index (κ3) is 2.88. The minimum absolute atomic E-state index is 0.247. The number of benzene rings is 1. The molecule has 2 rings (SSSR count). The molecular formula is C13H14Cl3N3. The highest BCUT2D eigenvalue weighted by Gasteiger charge is 2.17. The number of rotatable bonds is 3. The van der Waals surface area contributed by atoms with Crippen molar-refractivity contribution in [1.82, 2.24) is 14.8 Å². The zero-order valence-electron chi connectivity index (χ0n) is 10.9. The Morgan fingerprint density at radius 2 is 1.74 bits per heavy atom. The second-order valence-electron chi connectivity index (χ2n) is 4.52. The monoisotopic (exact) mass is 317 g/mol. The summed E-state index contributed by atoms with van der Waals surface area (Å²) < 4.78 is 1.70. The summed E-state index contributed by atoms with van der Waals surface area (Å²) in [6.07, 6.45) is 0.745. The van der Waals surface area contributed by atoms with Gasteiger partial charge in [0.25, 0.3) is 0 Å². The third-order valence-corrected chi connectivity index (χ3v) is 3.51. The molecule has 1 aromatic carbocycles. The highest BCUT2D eigenvalue weighted by Crippen LogP contribution is 2.32. The maximum atomic E-state index is 6.23. The van der Waals surface area contributed by atoms with E-state index in [9.17, 15) is 0 Å². The van der Waals surface area contributed by atoms with E-state index in [4.69, 9.17) is 34.8 Å². The number of hydrogen-bond acceptors (Lipinski definition) is 2. The van der Waals surface area contributed by atoms with Crippen molar-refractivity contribution in [2.75, 3.05) is 0 Å². The number of hydrogen-bond donors (Lipinski definition) is 0. The summed E-state index contributed by atoms with van der Waals surface area (Å²) >= 11 is 18.4. The van der Waals surface area contributed by atoms with Crippen LogP contribution in [0.3, 0.4) is 0 Å². The Morgan fingerprint density at radius 3 is 2.21 bits per heavy atom. The van der Waals surface area contributed by atoms with Gasteiger partial charge in [0.2, 0.25) is 0 Å². The van der Waals surface area contributed by atoms with Crippen molar-refractivity contribution in [3.63, 3.8) is 0 Å². The second-order valence-corrected chi connectivity index (χ2v) is 5.78. The lowest BCUT2D eigenvalue weighted by atomic mass is 10.2. The predicted molar refractivity (Wildman–Crippen MR) is 79.9 cm³/mol. The van der Waals surface area contributed by atoms with Gasteiger partial charge in [0.05, 0.1) is 10.0 Å². The number of aromatic nitrogens is 3. The smallest absolute Gasteiger partial charge is 0.153 e. The topological polar surface area (TPSA) is 30.7 Å². The van der Waals surface area contributed by atoms with Gasteiger partial charge < -0.3 is 0 Å². The van der Waals surface area contributed by atoms with E-state index in [2.05, 4.69) is 10.1 Å². The molecule has 102 valence electrons. The van der Waals surface area contributed by atoms with Gasteiger partial charge in [-0.1, -0.05) is 55.6 Å². The first-order valence-corrected chi connectivity index (χ1v) is 7.18. The first kappa shape index (κ1) is 14.6. The van der Waals surface area contributed by atoms with Gasteiger partial charge in [-0.2, -0.15) is 5.10 Å². The van der Waals surface area contributed by atoms with Crippen LogP contribution in [-0.4, -0.2) is 14.8 Å². The molecule has 19 heavy (non-hydrogen) atoms. The summed E-state index contributed by atoms with van der Waals surface area (Å²) in [5.74, 6) is 1.85. The van der Waals surface area contributed by atoms with E-state index >= 15 is 0 Å². The molecule has 0 unspecified atom stereocenters. The standard InChI is InChI=1S/C13H14Cl3N3/c1-4-11-17-13(7(2)3)18-19(11)12-9(15)5-8(14)6-10(12)16/h5-7H,4H2,1-3H3.